The molecule has 0 saturated carbocycles. The molecule has 142 valence electrons. The molecule has 28 heavy (non-hydrogen) atoms. The van der Waals surface area contributed by atoms with Gasteiger partial charge in [0.05, 0.1) is 5.56 Å². The van der Waals surface area contributed by atoms with Crippen LogP contribution in [0.1, 0.15) is 10.4 Å². The Kier molecular flexibility index (Phi) is 5.39. The summed E-state index contributed by atoms with van der Waals surface area (Å²) < 4.78 is 0. The molecule has 4 rings (SSSR count). The normalized spacial score (nSPS) is 14.0. The highest BCUT2D eigenvalue weighted by Crippen LogP contribution is 2.19. The molecular formula is C21H20ClN5O. The molecule has 1 aliphatic rings. The van der Waals surface area contributed by atoms with Gasteiger partial charge in [0, 0.05) is 49.3 Å². The minimum Gasteiger partial charge on any atom is -0.353 e. The zero-order valence-electron chi connectivity index (χ0n) is 15.3. The zero-order chi connectivity index (χ0) is 19.3. The summed E-state index contributed by atoms with van der Waals surface area (Å²) in [7, 11) is 0. The van der Waals surface area contributed by atoms with Crippen molar-refractivity contribution in [1.82, 2.24) is 14.9 Å². The fourth-order valence-electron chi connectivity index (χ4n) is 3.17. The molecule has 0 radical (unpaired) electrons. The van der Waals surface area contributed by atoms with E-state index in [4.69, 9.17) is 11.6 Å². The fourth-order valence-corrected chi connectivity index (χ4v) is 3.36. The lowest BCUT2D eigenvalue weighted by Crippen LogP contribution is -2.49. The Labute approximate surface area is 168 Å². The number of nitrogens with one attached hydrogen (secondary N) is 1. The molecule has 3 aromatic rings. The third kappa shape index (κ3) is 4.23. The molecule has 1 fully saturated rings. The number of pyridine rings is 2. The SMILES string of the molecule is O=C(c1ccc(Nc2cccc(Cl)c2)nc1)N1CCN(c2ccccn2)CC1. The summed E-state index contributed by atoms with van der Waals surface area (Å²) in [4.78, 5) is 25.6. The minimum atomic E-state index is 0.00229. The number of benzene rings is 1. The quantitative estimate of drug-likeness (QED) is 0.729. The number of nitrogens with zero attached hydrogens (tertiary/aromatic N) is 4. The number of anilines is 3. The molecule has 0 bridgehead atoms. The Hall–Kier alpha value is -3.12. The van der Waals surface area contributed by atoms with Crippen LogP contribution in [0.15, 0.2) is 67.0 Å². The van der Waals surface area contributed by atoms with Gasteiger partial charge in [-0.15, -0.1) is 0 Å². The average molecular weight is 394 g/mol. The van der Waals surface area contributed by atoms with Gasteiger partial charge in [-0.25, -0.2) is 9.97 Å². The molecule has 0 unspecified atom stereocenters. The van der Waals surface area contributed by atoms with E-state index in [1.807, 2.05) is 47.4 Å². The van der Waals surface area contributed by atoms with Crippen LogP contribution >= 0.6 is 11.6 Å². The van der Waals surface area contributed by atoms with Crippen molar-refractivity contribution in [3.63, 3.8) is 0 Å². The number of carbonyl (C=O) groups is 1. The molecule has 1 aromatic carbocycles. The second-order valence-electron chi connectivity index (χ2n) is 6.53. The first kappa shape index (κ1) is 18.3. The van der Waals surface area contributed by atoms with E-state index in [2.05, 4.69) is 20.2 Å². The van der Waals surface area contributed by atoms with Crippen molar-refractivity contribution in [3.8, 4) is 0 Å². The molecule has 1 saturated heterocycles. The summed E-state index contributed by atoms with van der Waals surface area (Å²) in [6, 6.07) is 16.9. The van der Waals surface area contributed by atoms with Crippen molar-refractivity contribution in [1.29, 1.82) is 0 Å². The smallest absolute Gasteiger partial charge is 0.255 e. The van der Waals surface area contributed by atoms with Crippen LogP contribution in [0.25, 0.3) is 0 Å². The Bertz CT molecular complexity index is 941. The van der Waals surface area contributed by atoms with Crippen LogP contribution < -0.4 is 10.2 Å². The van der Waals surface area contributed by atoms with Crippen LogP contribution in [-0.4, -0.2) is 47.0 Å². The Morgan fingerprint density at radius 3 is 2.50 bits per heavy atom. The summed E-state index contributed by atoms with van der Waals surface area (Å²) in [6.07, 6.45) is 3.40. The van der Waals surface area contributed by atoms with Crippen molar-refractivity contribution >= 4 is 34.8 Å². The van der Waals surface area contributed by atoms with E-state index < -0.39 is 0 Å². The van der Waals surface area contributed by atoms with E-state index in [1.54, 1.807) is 24.5 Å². The van der Waals surface area contributed by atoms with Crippen LogP contribution in [-0.2, 0) is 0 Å². The van der Waals surface area contributed by atoms with Gasteiger partial charge in [0.1, 0.15) is 11.6 Å². The summed E-state index contributed by atoms with van der Waals surface area (Å²) in [5.74, 6) is 1.62. The molecule has 1 amide bonds. The van der Waals surface area contributed by atoms with Crippen LogP contribution in [0.4, 0.5) is 17.3 Å². The number of aromatic nitrogens is 2. The van der Waals surface area contributed by atoms with Gasteiger partial charge in [-0.3, -0.25) is 4.79 Å². The van der Waals surface area contributed by atoms with Crippen molar-refractivity contribution in [2.75, 3.05) is 36.4 Å². The fraction of sp³-hybridized carbons (Fsp3) is 0.190. The highest BCUT2D eigenvalue weighted by atomic mass is 35.5. The third-order valence-corrected chi connectivity index (χ3v) is 4.88. The lowest BCUT2D eigenvalue weighted by molar-refractivity contribution is 0.0746. The van der Waals surface area contributed by atoms with Gasteiger partial charge in [-0.1, -0.05) is 23.7 Å². The lowest BCUT2D eigenvalue weighted by atomic mass is 10.2. The van der Waals surface area contributed by atoms with Crippen LogP contribution in [0.2, 0.25) is 5.02 Å². The van der Waals surface area contributed by atoms with Crippen molar-refractivity contribution < 1.29 is 4.79 Å². The van der Waals surface area contributed by atoms with Crippen molar-refractivity contribution in [3.05, 3.63) is 77.6 Å². The molecule has 3 heterocycles. The van der Waals surface area contributed by atoms with Gasteiger partial charge in [0.25, 0.3) is 5.91 Å². The first-order valence-electron chi connectivity index (χ1n) is 9.13. The topological polar surface area (TPSA) is 61.4 Å². The van der Waals surface area contributed by atoms with Crippen molar-refractivity contribution in [2.24, 2.45) is 0 Å². The molecule has 1 N–H and O–H groups in total. The molecule has 2 aromatic heterocycles. The van der Waals surface area contributed by atoms with Gasteiger partial charge >= 0.3 is 0 Å². The van der Waals surface area contributed by atoms with E-state index in [9.17, 15) is 4.79 Å². The van der Waals surface area contributed by atoms with Gasteiger partial charge in [-0.05, 0) is 42.5 Å². The predicted octanol–water partition coefficient (Wildman–Crippen LogP) is 3.84. The lowest BCUT2D eigenvalue weighted by Gasteiger charge is -2.35. The highest BCUT2D eigenvalue weighted by molar-refractivity contribution is 6.30. The number of hydrogen-bond acceptors (Lipinski definition) is 5. The van der Waals surface area contributed by atoms with Crippen LogP contribution in [0.5, 0.6) is 0 Å². The predicted molar refractivity (Wildman–Crippen MR) is 111 cm³/mol. The van der Waals surface area contributed by atoms with Crippen LogP contribution in [0.3, 0.4) is 0 Å². The summed E-state index contributed by atoms with van der Waals surface area (Å²) in [5.41, 5.74) is 1.44. The van der Waals surface area contributed by atoms with E-state index in [-0.39, 0.29) is 5.91 Å². The van der Waals surface area contributed by atoms with Crippen molar-refractivity contribution in [2.45, 2.75) is 0 Å². The highest BCUT2D eigenvalue weighted by Gasteiger charge is 2.22. The molecule has 1 aliphatic heterocycles. The maximum absolute atomic E-state index is 12.8. The summed E-state index contributed by atoms with van der Waals surface area (Å²) in [6.45, 7) is 2.87. The molecule has 0 aliphatic carbocycles. The van der Waals surface area contributed by atoms with Gasteiger partial charge in [-0.2, -0.15) is 0 Å². The van der Waals surface area contributed by atoms with Gasteiger partial charge < -0.3 is 15.1 Å². The maximum atomic E-state index is 12.8. The Morgan fingerprint density at radius 1 is 0.964 bits per heavy atom. The number of halogens is 1. The van der Waals surface area contributed by atoms with Crippen LogP contribution in [0, 0.1) is 0 Å². The minimum absolute atomic E-state index is 0.00229. The number of rotatable bonds is 4. The summed E-state index contributed by atoms with van der Waals surface area (Å²) >= 11 is 6.00. The largest absolute Gasteiger partial charge is 0.353 e. The van der Waals surface area contributed by atoms with Gasteiger partial charge in [0.15, 0.2) is 0 Å². The number of amides is 1. The molecule has 6 nitrogen and oxygen atoms in total. The number of piperazine rings is 1. The first-order chi connectivity index (χ1) is 13.7. The third-order valence-electron chi connectivity index (χ3n) is 4.65. The maximum Gasteiger partial charge on any atom is 0.255 e. The van der Waals surface area contributed by atoms with E-state index >= 15 is 0 Å². The average Bonchev–Trinajstić information content (AvgIpc) is 2.75. The molecule has 0 atom stereocenters. The number of hydrogen-bond donors (Lipinski definition) is 1. The molecule has 7 heteroatoms. The monoisotopic (exact) mass is 393 g/mol. The van der Waals surface area contributed by atoms with E-state index in [0.29, 0.717) is 29.5 Å². The Balaban J connectivity index is 1.36. The van der Waals surface area contributed by atoms with E-state index in [1.165, 1.54) is 0 Å². The second kappa shape index (κ2) is 8.27. The second-order valence-corrected chi connectivity index (χ2v) is 6.97. The summed E-state index contributed by atoms with van der Waals surface area (Å²) in [5, 5.41) is 3.83. The molecule has 0 spiro atoms. The van der Waals surface area contributed by atoms with E-state index in [0.717, 1.165) is 24.6 Å². The molecular weight excluding hydrogens is 374 g/mol. The van der Waals surface area contributed by atoms with Gasteiger partial charge in [0.2, 0.25) is 0 Å². The zero-order valence-corrected chi connectivity index (χ0v) is 16.0. The standard InChI is InChI=1S/C21H20ClN5O/c22-17-4-3-5-18(14-17)25-19-8-7-16(15-24-19)21(28)27-12-10-26(11-13-27)20-6-1-2-9-23-20/h1-9,14-15H,10-13H2,(H,24,25). The number of carbonyl (C=O) groups excluding carboxylic acids is 1. The Morgan fingerprint density at radius 2 is 1.82 bits per heavy atom. The first-order valence-corrected chi connectivity index (χ1v) is 9.51.